The highest BCUT2D eigenvalue weighted by Gasteiger charge is 2.23. The summed E-state index contributed by atoms with van der Waals surface area (Å²) in [6, 6.07) is 12.9. The Bertz CT molecular complexity index is 1460. The van der Waals surface area contributed by atoms with Crippen LogP contribution in [0.1, 0.15) is 30.0 Å². The van der Waals surface area contributed by atoms with Gasteiger partial charge < -0.3 is 9.73 Å². The van der Waals surface area contributed by atoms with Gasteiger partial charge in [-0.2, -0.15) is 0 Å². The van der Waals surface area contributed by atoms with Gasteiger partial charge in [0.2, 0.25) is 15.9 Å². The van der Waals surface area contributed by atoms with Crippen molar-refractivity contribution in [2.45, 2.75) is 35.4 Å². The average molecular weight is 486 g/mol. The van der Waals surface area contributed by atoms with Crippen molar-refractivity contribution >= 4 is 44.6 Å². The molecule has 0 fully saturated rings. The van der Waals surface area contributed by atoms with Gasteiger partial charge in [0, 0.05) is 14.1 Å². The Kier molecular flexibility index (Phi) is 5.63. The number of rotatable bonds is 6. The van der Waals surface area contributed by atoms with Gasteiger partial charge in [-0.05, 0) is 48.6 Å². The molecule has 1 aliphatic rings. The number of benzene rings is 2. The summed E-state index contributed by atoms with van der Waals surface area (Å²) in [4.78, 5) is 12.9. The van der Waals surface area contributed by atoms with Crippen LogP contribution in [-0.2, 0) is 21.2 Å². The van der Waals surface area contributed by atoms with E-state index in [0.29, 0.717) is 16.3 Å². The van der Waals surface area contributed by atoms with Crippen LogP contribution in [0.5, 0.6) is 0 Å². The number of thioether (sulfide) groups is 1. The number of sulfonamides is 1. The zero-order chi connectivity index (χ0) is 23.2. The van der Waals surface area contributed by atoms with Crippen molar-refractivity contribution in [2.75, 3.05) is 19.8 Å². The van der Waals surface area contributed by atoms with E-state index in [-0.39, 0.29) is 28.4 Å². The fraction of sp³-hybridized carbons (Fsp3) is 0.318. The molecule has 1 N–H and O–H groups in total. The van der Waals surface area contributed by atoms with Crippen LogP contribution in [0.4, 0.5) is 0 Å². The fourth-order valence-corrected chi connectivity index (χ4v) is 5.79. The monoisotopic (exact) mass is 485 g/mol. The van der Waals surface area contributed by atoms with Crippen molar-refractivity contribution in [1.29, 1.82) is 0 Å². The Morgan fingerprint density at radius 2 is 2.06 bits per heavy atom. The van der Waals surface area contributed by atoms with Crippen LogP contribution in [0.25, 0.3) is 16.9 Å². The number of nitrogens with zero attached hydrogens (tertiary/aromatic N) is 4. The first-order chi connectivity index (χ1) is 15.8. The summed E-state index contributed by atoms with van der Waals surface area (Å²) in [6.07, 6.45) is 2.99. The van der Waals surface area contributed by atoms with E-state index in [0.717, 1.165) is 23.6 Å². The lowest BCUT2D eigenvalue weighted by atomic mass is 9.88. The third kappa shape index (κ3) is 4.00. The molecule has 1 amide bonds. The number of nitrogens with one attached hydrogen (secondary N) is 1. The molecule has 2 heterocycles. The molecule has 2 aromatic heterocycles. The minimum absolute atomic E-state index is 0.00928. The van der Waals surface area contributed by atoms with Gasteiger partial charge >= 0.3 is 5.84 Å². The topological polar surface area (TPSA) is 110 Å². The van der Waals surface area contributed by atoms with E-state index in [9.17, 15) is 13.2 Å². The number of carbonyl (C=O) groups is 1. The molecule has 0 spiro atoms. The number of amides is 1. The predicted molar refractivity (Wildman–Crippen MR) is 125 cm³/mol. The van der Waals surface area contributed by atoms with Crippen LogP contribution in [0.3, 0.4) is 0 Å². The lowest BCUT2D eigenvalue weighted by Crippen LogP contribution is -2.32. The van der Waals surface area contributed by atoms with Gasteiger partial charge in [0.05, 0.1) is 22.2 Å². The number of aromatic nitrogens is 3. The van der Waals surface area contributed by atoms with Crippen LogP contribution in [-0.4, -0.2) is 53.1 Å². The molecule has 9 nitrogen and oxygen atoms in total. The van der Waals surface area contributed by atoms with E-state index >= 15 is 0 Å². The Balaban J connectivity index is 1.37. The molecule has 33 heavy (non-hydrogen) atoms. The van der Waals surface area contributed by atoms with E-state index in [1.165, 1.54) is 49.1 Å². The molecule has 172 valence electrons. The quantitative estimate of drug-likeness (QED) is 0.418. The van der Waals surface area contributed by atoms with Crippen molar-refractivity contribution in [3.63, 3.8) is 0 Å². The average Bonchev–Trinajstić information content (AvgIpc) is 3.36. The van der Waals surface area contributed by atoms with Gasteiger partial charge in [-0.15, -0.1) is 5.10 Å². The molecule has 2 aromatic carbocycles. The van der Waals surface area contributed by atoms with Crippen molar-refractivity contribution in [3.05, 3.63) is 53.6 Å². The highest BCUT2D eigenvalue weighted by molar-refractivity contribution is 7.99. The van der Waals surface area contributed by atoms with Gasteiger partial charge in [-0.25, -0.2) is 17.1 Å². The summed E-state index contributed by atoms with van der Waals surface area (Å²) in [7, 11) is -0.651. The molecule has 1 unspecified atom stereocenters. The van der Waals surface area contributed by atoms with E-state index in [1.54, 1.807) is 10.5 Å². The molecule has 0 saturated carbocycles. The van der Waals surface area contributed by atoms with Crippen molar-refractivity contribution in [2.24, 2.45) is 0 Å². The van der Waals surface area contributed by atoms with Crippen molar-refractivity contribution in [1.82, 2.24) is 24.2 Å². The van der Waals surface area contributed by atoms with Crippen LogP contribution in [0.15, 0.2) is 56.9 Å². The van der Waals surface area contributed by atoms with Crippen LogP contribution in [0.2, 0.25) is 0 Å². The minimum atomic E-state index is -3.61. The zero-order valence-corrected chi connectivity index (χ0v) is 19.8. The number of hydrogen-bond acceptors (Lipinski definition) is 7. The molecule has 5 rings (SSSR count). The number of aryl methyl sites for hydroxylation is 1. The number of oxazole rings is 1. The van der Waals surface area contributed by atoms with E-state index in [1.807, 2.05) is 12.1 Å². The van der Waals surface area contributed by atoms with E-state index in [2.05, 4.69) is 27.6 Å². The zero-order valence-electron chi connectivity index (χ0n) is 18.2. The smallest absolute Gasteiger partial charge is 0.328 e. The summed E-state index contributed by atoms with van der Waals surface area (Å²) in [5.41, 5.74) is 3.49. The van der Waals surface area contributed by atoms with Gasteiger partial charge in [0.15, 0.2) is 10.7 Å². The summed E-state index contributed by atoms with van der Waals surface area (Å²) in [6.45, 7) is 0. The second-order valence-corrected chi connectivity index (χ2v) is 11.2. The third-order valence-corrected chi connectivity index (χ3v) is 8.53. The predicted octanol–water partition coefficient (Wildman–Crippen LogP) is 3.01. The van der Waals surface area contributed by atoms with E-state index in [4.69, 9.17) is 4.42 Å². The highest BCUT2D eigenvalue weighted by atomic mass is 32.2. The summed E-state index contributed by atoms with van der Waals surface area (Å²) in [5, 5.41) is 11.8. The van der Waals surface area contributed by atoms with Gasteiger partial charge in [0.25, 0.3) is 0 Å². The molecule has 11 heteroatoms. The maximum atomic E-state index is 12.7. The fourth-order valence-electron chi connectivity index (χ4n) is 4.12. The SMILES string of the molecule is CN(C)S(=O)(=O)c1ccc2oc3nnc(SCC(=O)NC4CCCc5ccccc54)n3c2c1. The lowest BCUT2D eigenvalue weighted by molar-refractivity contribution is -0.119. The van der Waals surface area contributed by atoms with E-state index < -0.39 is 10.0 Å². The number of carbonyl (C=O) groups excluding carboxylic acids is 1. The molecule has 1 atom stereocenters. The highest BCUT2D eigenvalue weighted by Crippen LogP contribution is 2.30. The van der Waals surface area contributed by atoms with Gasteiger partial charge in [0.1, 0.15) is 0 Å². The standard InChI is InChI=1S/C22H23N5O4S2/c1-26(2)33(29,30)15-10-11-19-18(12-15)27-21(31-19)24-25-22(27)32-13-20(28)23-17-9-5-7-14-6-3-4-8-16(14)17/h3-4,6,8,10-12,17H,5,7,9,13H2,1-2H3,(H,23,28). The summed E-state index contributed by atoms with van der Waals surface area (Å²) in [5.74, 6) is 0.303. The molecule has 0 radical (unpaired) electrons. The molecular formula is C22H23N5O4S2. The lowest BCUT2D eigenvalue weighted by Gasteiger charge is -2.26. The first kappa shape index (κ1) is 21.9. The second-order valence-electron chi connectivity index (χ2n) is 8.12. The van der Waals surface area contributed by atoms with Crippen LogP contribution < -0.4 is 5.32 Å². The van der Waals surface area contributed by atoms with Gasteiger partial charge in [-0.3, -0.25) is 4.79 Å². The number of hydrogen-bond donors (Lipinski definition) is 1. The first-order valence-electron chi connectivity index (χ1n) is 10.5. The largest absolute Gasteiger partial charge is 0.422 e. The Labute approximate surface area is 195 Å². The van der Waals surface area contributed by atoms with Crippen molar-refractivity contribution in [3.8, 4) is 0 Å². The van der Waals surface area contributed by atoms with Crippen LogP contribution in [0, 0.1) is 0 Å². The molecule has 1 aliphatic carbocycles. The molecule has 0 aliphatic heterocycles. The first-order valence-corrected chi connectivity index (χ1v) is 13.0. The molecular weight excluding hydrogens is 462 g/mol. The maximum absolute atomic E-state index is 12.7. The Hall–Kier alpha value is -2.89. The molecule has 0 saturated heterocycles. The second kappa shape index (κ2) is 8.47. The minimum Gasteiger partial charge on any atom is -0.422 e. The Morgan fingerprint density at radius 1 is 1.24 bits per heavy atom. The molecule has 4 aromatic rings. The Morgan fingerprint density at radius 3 is 2.88 bits per heavy atom. The normalized spacial score (nSPS) is 16.4. The molecule has 0 bridgehead atoms. The number of fused-ring (bicyclic) bond motifs is 4. The van der Waals surface area contributed by atoms with Crippen LogP contribution >= 0.6 is 11.8 Å². The van der Waals surface area contributed by atoms with Gasteiger partial charge in [-0.1, -0.05) is 41.1 Å². The maximum Gasteiger partial charge on any atom is 0.328 e. The summed E-state index contributed by atoms with van der Waals surface area (Å²) < 4.78 is 33.6. The third-order valence-electron chi connectivity index (χ3n) is 5.79. The summed E-state index contributed by atoms with van der Waals surface area (Å²) >= 11 is 1.23. The van der Waals surface area contributed by atoms with Crippen molar-refractivity contribution < 1.29 is 17.6 Å².